The monoisotopic (exact) mass is 363 g/mol. The smallest absolute Gasteiger partial charge is 0.311 e. The summed E-state index contributed by atoms with van der Waals surface area (Å²) in [6, 6.07) is 0. The molecular formula is C21H33NO4. The number of carbonyl (C=O) groups excluding carboxylic acids is 1. The second-order valence-corrected chi connectivity index (χ2v) is 10.0. The summed E-state index contributed by atoms with van der Waals surface area (Å²) in [5.41, 5.74) is 0.178. The summed E-state index contributed by atoms with van der Waals surface area (Å²) in [6.07, 6.45) is 5.43. The molecule has 146 valence electrons. The van der Waals surface area contributed by atoms with Gasteiger partial charge < -0.3 is 14.2 Å². The molecule has 3 aliphatic heterocycles. The van der Waals surface area contributed by atoms with Gasteiger partial charge in [0.15, 0.2) is 0 Å². The van der Waals surface area contributed by atoms with E-state index in [-0.39, 0.29) is 53.2 Å². The molecule has 0 bridgehead atoms. The number of fused-ring (bicyclic) bond motifs is 2. The molecule has 1 spiro atoms. The zero-order valence-electron chi connectivity index (χ0n) is 16.6. The third-order valence-corrected chi connectivity index (χ3v) is 8.14. The summed E-state index contributed by atoms with van der Waals surface area (Å²) >= 11 is 0. The molecule has 0 aromatic rings. The van der Waals surface area contributed by atoms with Crippen LogP contribution in [-0.4, -0.2) is 60.5 Å². The maximum absolute atomic E-state index is 12.8. The van der Waals surface area contributed by atoms with Gasteiger partial charge in [0, 0.05) is 31.0 Å². The van der Waals surface area contributed by atoms with Gasteiger partial charge in [0.05, 0.1) is 24.2 Å². The minimum atomic E-state index is -0.0412. The van der Waals surface area contributed by atoms with Gasteiger partial charge >= 0.3 is 5.97 Å². The maximum atomic E-state index is 12.8. The van der Waals surface area contributed by atoms with Gasteiger partial charge in [-0.3, -0.25) is 9.69 Å². The van der Waals surface area contributed by atoms with Crippen LogP contribution in [0.5, 0.6) is 0 Å². The molecule has 3 saturated heterocycles. The van der Waals surface area contributed by atoms with Gasteiger partial charge in [0.25, 0.3) is 0 Å². The Labute approximate surface area is 156 Å². The van der Waals surface area contributed by atoms with Gasteiger partial charge in [-0.2, -0.15) is 0 Å². The summed E-state index contributed by atoms with van der Waals surface area (Å²) in [5.74, 6) is 0.796. The van der Waals surface area contributed by atoms with E-state index >= 15 is 0 Å². The van der Waals surface area contributed by atoms with E-state index in [1.165, 1.54) is 19.3 Å². The first kappa shape index (κ1) is 17.4. The fourth-order valence-electron chi connectivity index (χ4n) is 7.15. The highest BCUT2D eigenvalue weighted by atomic mass is 16.6. The van der Waals surface area contributed by atoms with Crippen molar-refractivity contribution in [2.75, 3.05) is 19.6 Å². The Morgan fingerprint density at radius 2 is 1.92 bits per heavy atom. The number of epoxide rings is 1. The Kier molecular flexibility index (Phi) is 3.81. The molecule has 5 rings (SSSR count). The highest BCUT2D eigenvalue weighted by Crippen LogP contribution is 2.70. The van der Waals surface area contributed by atoms with Crippen molar-refractivity contribution >= 4 is 5.97 Å². The predicted octanol–water partition coefficient (Wildman–Crippen LogP) is 2.62. The molecule has 2 saturated carbocycles. The van der Waals surface area contributed by atoms with E-state index in [4.69, 9.17) is 14.2 Å². The van der Waals surface area contributed by atoms with Crippen LogP contribution in [0.3, 0.4) is 0 Å². The quantitative estimate of drug-likeness (QED) is 0.558. The number of esters is 1. The molecule has 0 N–H and O–H groups in total. The van der Waals surface area contributed by atoms with Crippen LogP contribution in [0.1, 0.15) is 53.4 Å². The largest absolute Gasteiger partial charge is 0.462 e. The number of ether oxygens (including phenoxy) is 3. The molecule has 5 nitrogen and oxygen atoms in total. The highest BCUT2D eigenvalue weighted by Gasteiger charge is 2.78. The second-order valence-electron chi connectivity index (χ2n) is 10.0. The van der Waals surface area contributed by atoms with Crippen molar-refractivity contribution in [2.24, 2.45) is 23.2 Å². The van der Waals surface area contributed by atoms with Gasteiger partial charge in [-0.15, -0.1) is 0 Å². The predicted molar refractivity (Wildman–Crippen MR) is 96.7 cm³/mol. The fraction of sp³-hybridized carbons (Fsp3) is 0.952. The Bertz CT molecular complexity index is 601. The van der Waals surface area contributed by atoms with Gasteiger partial charge in [0.1, 0.15) is 11.7 Å². The number of nitrogens with zero attached hydrogens (tertiary/aromatic N) is 1. The zero-order valence-corrected chi connectivity index (χ0v) is 16.6. The van der Waals surface area contributed by atoms with Gasteiger partial charge in [0.2, 0.25) is 0 Å². The third-order valence-electron chi connectivity index (χ3n) is 8.14. The zero-order chi connectivity index (χ0) is 18.3. The summed E-state index contributed by atoms with van der Waals surface area (Å²) in [6.45, 7) is 11.6. The maximum Gasteiger partial charge on any atom is 0.311 e. The van der Waals surface area contributed by atoms with E-state index in [9.17, 15) is 4.79 Å². The van der Waals surface area contributed by atoms with E-state index in [0.717, 1.165) is 26.1 Å². The van der Waals surface area contributed by atoms with Crippen molar-refractivity contribution in [3.05, 3.63) is 0 Å². The summed E-state index contributed by atoms with van der Waals surface area (Å²) < 4.78 is 18.3. The van der Waals surface area contributed by atoms with Crippen LogP contribution in [0, 0.1) is 23.2 Å². The summed E-state index contributed by atoms with van der Waals surface area (Å²) in [5, 5.41) is 0. The highest BCUT2D eigenvalue weighted by molar-refractivity contribution is 5.76. The van der Waals surface area contributed by atoms with E-state index < -0.39 is 0 Å². The molecule has 0 amide bonds. The standard InChI is InChI=1S/C21H33NO4/c1-12-6-5-7-20(4)8-16-17(18-21(12,20)26-18)15(19(23)25-16)11-22-9-13(2)24-14(3)10-22/h12-18H,5-11H2,1-4H3/t12-,13+,14+,15-,16+,17+,18+,20+,21+/m0/s1. The molecule has 9 atom stereocenters. The minimum absolute atomic E-state index is 0.00421. The van der Waals surface area contributed by atoms with Crippen LogP contribution < -0.4 is 0 Å². The van der Waals surface area contributed by atoms with E-state index in [2.05, 4.69) is 32.6 Å². The van der Waals surface area contributed by atoms with Crippen molar-refractivity contribution in [2.45, 2.75) is 83.4 Å². The lowest BCUT2D eigenvalue weighted by Crippen LogP contribution is -2.55. The molecule has 5 aliphatic rings. The Morgan fingerprint density at radius 3 is 2.65 bits per heavy atom. The Hall–Kier alpha value is -0.650. The van der Waals surface area contributed by atoms with E-state index in [1.54, 1.807) is 0 Å². The first-order valence-electron chi connectivity index (χ1n) is 10.6. The van der Waals surface area contributed by atoms with Gasteiger partial charge in [-0.25, -0.2) is 0 Å². The molecule has 0 aromatic carbocycles. The van der Waals surface area contributed by atoms with Crippen LogP contribution in [0.2, 0.25) is 0 Å². The van der Waals surface area contributed by atoms with Crippen molar-refractivity contribution in [3.63, 3.8) is 0 Å². The van der Waals surface area contributed by atoms with Crippen molar-refractivity contribution in [1.29, 1.82) is 0 Å². The number of hydrogen-bond acceptors (Lipinski definition) is 5. The molecule has 5 fully saturated rings. The summed E-state index contributed by atoms with van der Waals surface area (Å²) in [7, 11) is 0. The van der Waals surface area contributed by atoms with Crippen LogP contribution in [-0.2, 0) is 19.0 Å². The topological polar surface area (TPSA) is 51.3 Å². The number of rotatable bonds is 2. The van der Waals surface area contributed by atoms with Crippen LogP contribution >= 0.6 is 0 Å². The molecule has 2 aliphatic carbocycles. The normalized spacial score (nSPS) is 56.3. The third kappa shape index (κ3) is 2.29. The summed E-state index contributed by atoms with van der Waals surface area (Å²) in [4.78, 5) is 15.2. The Morgan fingerprint density at radius 1 is 1.19 bits per heavy atom. The lowest BCUT2D eigenvalue weighted by molar-refractivity contribution is -0.147. The number of morpholine rings is 1. The van der Waals surface area contributed by atoms with Crippen LogP contribution in [0.15, 0.2) is 0 Å². The van der Waals surface area contributed by atoms with Crippen LogP contribution in [0.25, 0.3) is 0 Å². The number of hydrogen-bond donors (Lipinski definition) is 0. The molecule has 0 unspecified atom stereocenters. The van der Waals surface area contributed by atoms with Crippen molar-refractivity contribution in [3.8, 4) is 0 Å². The average Bonchev–Trinajstić information content (AvgIpc) is 3.22. The Balaban J connectivity index is 1.38. The molecule has 0 radical (unpaired) electrons. The van der Waals surface area contributed by atoms with Crippen molar-refractivity contribution in [1.82, 2.24) is 4.90 Å². The average molecular weight is 363 g/mol. The van der Waals surface area contributed by atoms with Gasteiger partial charge in [-0.05, 0) is 39.0 Å². The molecular weight excluding hydrogens is 330 g/mol. The molecule has 0 aromatic heterocycles. The first-order valence-corrected chi connectivity index (χ1v) is 10.6. The number of carbonyl (C=O) groups is 1. The molecule has 26 heavy (non-hydrogen) atoms. The van der Waals surface area contributed by atoms with Crippen LogP contribution in [0.4, 0.5) is 0 Å². The van der Waals surface area contributed by atoms with Gasteiger partial charge in [-0.1, -0.05) is 20.3 Å². The molecule has 5 heteroatoms. The minimum Gasteiger partial charge on any atom is -0.462 e. The SMILES string of the molecule is C[C@@H]1CN(C[C@@H]2C(=O)O[C@@H]3C[C@@]4(C)CCC[C@H](C)[C@]45O[C@@H]5[C@H]23)C[C@@H](C)O1. The fourth-order valence-corrected chi connectivity index (χ4v) is 7.15. The van der Waals surface area contributed by atoms with Crippen molar-refractivity contribution < 1.29 is 19.0 Å². The van der Waals surface area contributed by atoms with E-state index in [1.807, 2.05) is 0 Å². The van der Waals surface area contributed by atoms with E-state index in [0.29, 0.717) is 5.92 Å². The first-order chi connectivity index (χ1) is 12.3. The lowest BCUT2D eigenvalue weighted by Gasteiger charge is -2.49. The lowest BCUT2D eigenvalue weighted by atomic mass is 9.53. The second kappa shape index (κ2) is 5.68. The molecule has 3 heterocycles.